The maximum absolute atomic E-state index is 13.4. The number of nitrogens with two attached hydrogens (primary N) is 1. The maximum Gasteiger partial charge on any atom is 0.431 e. The van der Waals surface area contributed by atoms with E-state index in [-0.39, 0.29) is 11.4 Å². The maximum atomic E-state index is 13.4. The van der Waals surface area contributed by atoms with Gasteiger partial charge in [0.25, 0.3) is 11.5 Å². The second-order valence-electron chi connectivity index (χ2n) is 6.54. The smallest absolute Gasteiger partial charge is 0.397 e. The minimum atomic E-state index is -4.73. The van der Waals surface area contributed by atoms with Gasteiger partial charge in [-0.15, -0.1) is 11.8 Å². The van der Waals surface area contributed by atoms with E-state index in [0.29, 0.717) is 32.5 Å². The first-order chi connectivity index (χ1) is 13.6. The van der Waals surface area contributed by atoms with Crippen LogP contribution in [0.25, 0.3) is 0 Å². The van der Waals surface area contributed by atoms with Gasteiger partial charge in [-0.05, 0) is 46.7 Å². The number of amides is 1. The topological polar surface area (TPSA) is 81.2 Å². The van der Waals surface area contributed by atoms with Gasteiger partial charge in [-0.2, -0.15) is 13.2 Å². The summed E-state index contributed by atoms with van der Waals surface area (Å²) in [5, 5.41) is 0. The highest BCUT2D eigenvalue weighted by Gasteiger charge is 2.41. The van der Waals surface area contributed by atoms with Gasteiger partial charge in [0.05, 0.1) is 5.69 Å². The van der Waals surface area contributed by atoms with Crippen LogP contribution in [0, 0.1) is 0 Å². The Morgan fingerprint density at radius 2 is 2.07 bits per heavy atom. The predicted molar refractivity (Wildman–Crippen MR) is 109 cm³/mol. The lowest BCUT2D eigenvalue weighted by molar-refractivity contribution is -0.144. The van der Waals surface area contributed by atoms with Crippen LogP contribution in [0.1, 0.15) is 42.0 Å². The van der Waals surface area contributed by atoms with Crippen molar-refractivity contribution in [2.24, 2.45) is 0 Å². The minimum absolute atomic E-state index is 0.0965. The van der Waals surface area contributed by atoms with Crippen LogP contribution in [-0.4, -0.2) is 28.3 Å². The number of aromatic nitrogens is 2. The van der Waals surface area contributed by atoms with E-state index in [1.807, 2.05) is 6.92 Å². The zero-order valence-electron chi connectivity index (χ0n) is 15.6. The first kappa shape index (κ1) is 21.7. The molecule has 2 heterocycles. The molecular weight excluding hydrogens is 473 g/mol. The molecule has 1 amide bonds. The van der Waals surface area contributed by atoms with E-state index in [0.717, 1.165) is 11.0 Å². The van der Waals surface area contributed by atoms with Crippen LogP contribution in [0.4, 0.5) is 24.5 Å². The molecule has 0 unspecified atom stereocenters. The molecule has 2 aromatic rings. The zero-order chi connectivity index (χ0) is 21.5. The number of alkyl halides is 3. The number of thioether (sulfide) groups is 1. The van der Waals surface area contributed by atoms with Crippen molar-refractivity contribution in [2.45, 2.75) is 36.9 Å². The molecule has 1 fully saturated rings. The van der Waals surface area contributed by atoms with Gasteiger partial charge in [0.2, 0.25) is 0 Å². The minimum Gasteiger partial charge on any atom is -0.397 e. The van der Waals surface area contributed by atoms with E-state index in [4.69, 9.17) is 5.73 Å². The van der Waals surface area contributed by atoms with Gasteiger partial charge in [0, 0.05) is 28.7 Å². The molecule has 1 saturated carbocycles. The molecule has 11 heteroatoms. The van der Waals surface area contributed by atoms with Gasteiger partial charge in [0.1, 0.15) is 17.1 Å². The van der Waals surface area contributed by atoms with E-state index in [2.05, 4.69) is 20.9 Å². The fourth-order valence-corrected chi connectivity index (χ4v) is 4.27. The average Bonchev–Trinajstić information content (AvgIpc) is 3.45. The fourth-order valence-electron chi connectivity index (χ4n) is 2.99. The first-order valence-electron chi connectivity index (χ1n) is 8.74. The van der Waals surface area contributed by atoms with Crippen LogP contribution in [0.3, 0.4) is 0 Å². The molecular formula is C18H18BrF3N4O2S. The molecule has 0 aromatic carbocycles. The number of anilines is 2. The molecule has 2 N–H and O–H groups in total. The van der Waals surface area contributed by atoms with Gasteiger partial charge in [-0.3, -0.25) is 14.2 Å². The predicted octanol–water partition coefficient (Wildman–Crippen LogP) is 4.33. The molecule has 0 bridgehead atoms. The number of rotatable bonds is 5. The Balaban J connectivity index is 2.11. The van der Waals surface area contributed by atoms with E-state index < -0.39 is 35.1 Å². The lowest BCUT2D eigenvalue weighted by Gasteiger charge is -2.23. The molecule has 1 aliphatic rings. The summed E-state index contributed by atoms with van der Waals surface area (Å²) < 4.78 is 41.6. The molecule has 0 spiro atoms. The number of pyridine rings is 2. The highest BCUT2D eigenvalue weighted by Crippen LogP contribution is 2.41. The Morgan fingerprint density at radius 1 is 1.41 bits per heavy atom. The summed E-state index contributed by atoms with van der Waals surface area (Å²) in [6.45, 7) is 1.91. The molecule has 6 nitrogen and oxygen atoms in total. The normalized spacial score (nSPS) is 14.1. The highest BCUT2D eigenvalue weighted by atomic mass is 79.9. The van der Waals surface area contributed by atoms with Gasteiger partial charge in [-0.25, -0.2) is 4.98 Å². The van der Waals surface area contributed by atoms with Crippen molar-refractivity contribution in [2.75, 3.05) is 23.4 Å². The molecule has 2 aromatic heterocycles. The Hall–Kier alpha value is -2.01. The Kier molecular flexibility index (Phi) is 6.00. The van der Waals surface area contributed by atoms with Crippen molar-refractivity contribution in [3.05, 3.63) is 44.5 Å². The summed E-state index contributed by atoms with van der Waals surface area (Å²) in [5.41, 5.74) is 3.18. The van der Waals surface area contributed by atoms with Crippen molar-refractivity contribution in [1.29, 1.82) is 0 Å². The third-order valence-electron chi connectivity index (χ3n) is 4.41. The number of nitrogen functional groups attached to an aromatic ring is 1. The van der Waals surface area contributed by atoms with E-state index in [1.54, 1.807) is 6.07 Å². The number of hydrogen-bond acceptors (Lipinski definition) is 5. The standard InChI is InChI=1S/C18H18BrF3N4O2S/c1-3-29-12-6-9(19)8-24-14(12)16(27)25(2)15-11(23)7-13(18(20,21)22)26(17(15)28)10-4-5-10/h6-8,10H,3-5,23H2,1-2H3. The monoisotopic (exact) mass is 490 g/mol. The van der Waals surface area contributed by atoms with Crippen molar-refractivity contribution < 1.29 is 18.0 Å². The Bertz CT molecular complexity index is 1020. The van der Waals surface area contributed by atoms with Crippen LogP contribution >= 0.6 is 27.7 Å². The molecule has 1 aliphatic carbocycles. The highest BCUT2D eigenvalue weighted by molar-refractivity contribution is 9.10. The largest absolute Gasteiger partial charge is 0.431 e. The third kappa shape index (κ3) is 4.30. The Morgan fingerprint density at radius 3 is 2.62 bits per heavy atom. The van der Waals surface area contributed by atoms with Gasteiger partial charge < -0.3 is 10.6 Å². The van der Waals surface area contributed by atoms with Crippen molar-refractivity contribution >= 4 is 45.0 Å². The van der Waals surface area contributed by atoms with E-state index >= 15 is 0 Å². The van der Waals surface area contributed by atoms with Crippen molar-refractivity contribution in [3.63, 3.8) is 0 Å². The summed E-state index contributed by atoms with van der Waals surface area (Å²) in [6.07, 6.45) is -2.35. The number of hydrogen-bond donors (Lipinski definition) is 1. The SMILES string of the molecule is CCSc1cc(Br)cnc1C(=O)N(C)c1c(N)cc(C(F)(F)F)n(C2CC2)c1=O. The van der Waals surface area contributed by atoms with E-state index in [9.17, 15) is 22.8 Å². The summed E-state index contributed by atoms with van der Waals surface area (Å²) in [6, 6.07) is 1.90. The van der Waals surface area contributed by atoms with Gasteiger partial charge in [0.15, 0.2) is 0 Å². The second-order valence-corrected chi connectivity index (χ2v) is 8.76. The first-order valence-corrected chi connectivity index (χ1v) is 10.5. The number of nitrogens with zero attached hydrogens (tertiary/aromatic N) is 3. The Labute approximate surface area is 177 Å². The molecule has 3 rings (SSSR count). The molecule has 0 saturated heterocycles. The zero-order valence-corrected chi connectivity index (χ0v) is 18.0. The summed E-state index contributed by atoms with van der Waals surface area (Å²) in [4.78, 5) is 31.7. The quantitative estimate of drug-likeness (QED) is 0.630. The van der Waals surface area contributed by atoms with Gasteiger partial charge >= 0.3 is 6.18 Å². The van der Waals surface area contributed by atoms with Crippen molar-refractivity contribution in [3.8, 4) is 0 Å². The molecule has 29 heavy (non-hydrogen) atoms. The molecule has 0 aliphatic heterocycles. The third-order valence-corrected chi connectivity index (χ3v) is 5.76. The van der Waals surface area contributed by atoms with Crippen LogP contribution in [0.2, 0.25) is 0 Å². The number of carbonyl (C=O) groups excluding carboxylic acids is 1. The van der Waals surface area contributed by atoms with Crippen LogP contribution in [0.15, 0.2) is 32.5 Å². The van der Waals surface area contributed by atoms with E-state index in [1.165, 1.54) is 25.0 Å². The average molecular weight is 491 g/mol. The van der Waals surface area contributed by atoms with Crippen LogP contribution < -0.4 is 16.2 Å². The number of halogens is 4. The number of carbonyl (C=O) groups is 1. The lowest BCUT2D eigenvalue weighted by atomic mass is 10.2. The molecule has 0 radical (unpaired) electrons. The molecule has 156 valence electrons. The fraction of sp³-hybridized carbons (Fsp3) is 0.389. The van der Waals surface area contributed by atoms with Crippen molar-refractivity contribution in [1.82, 2.24) is 9.55 Å². The lowest BCUT2D eigenvalue weighted by Crippen LogP contribution is -2.37. The second kappa shape index (κ2) is 8.02. The summed E-state index contributed by atoms with van der Waals surface area (Å²) >= 11 is 4.68. The molecule has 0 atom stereocenters. The van der Waals surface area contributed by atoms with Crippen LogP contribution in [0.5, 0.6) is 0 Å². The van der Waals surface area contributed by atoms with Crippen LogP contribution in [-0.2, 0) is 6.18 Å². The summed E-state index contributed by atoms with van der Waals surface area (Å²) in [5.74, 6) is 0.0540. The van der Waals surface area contributed by atoms with Gasteiger partial charge in [-0.1, -0.05) is 6.92 Å². The summed E-state index contributed by atoms with van der Waals surface area (Å²) in [7, 11) is 1.31.